The quantitative estimate of drug-likeness (QED) is 0.880. The van der Waals surface area contributed by atoms with Crippen molar-refractivity contribution in [2.45, 2.75) is 26.3 Å². The molecule has 0 saturated carbocycles. The monoisotopic (exact) mass is 347 g/mol. The minimum absolute atomic E-state index is 0. The minimum atomic E-state index is 0. The van der Waals surface area contributed by atoms with Crippen LogP contribution in [0.1, 0.15) is 24.0 Å². The zero-order chi connectivity index (χ0) is 14.5. The van der Waals surface area contributed by atoms with Crippen LogP contribution in [-0.4, -0.2) is 38.0 Å². The van der Waals surface area contributed by atoms with Crippen molar-refractivity contribution in [3.05, 3.63) is 29.3 Å². The zero-order valence-electron chi connectivity index (χ0n) is 13.5. The Hall–Kier alpha value is -0.810. The van der Waals surface area contributed by atoms with Crippen LogP contribution in [0.15, 0.2) is 18.2 Å². The Morgan fingerprint density at radius 3 is 2.68 bits per heavy atom. The van der Waals surface area contributed by atoms with Crippen molar-refractivity contribution in [1.29, 1.82) is 0 Å². The highest BCUT2D eigenvalue weighted by Gasteiger charge is 2.21. The van der Waals surface area contributed by atoms with E-state index in [0.717, 1.165) is 43.7 Å². The topological polar surface area (TPSA) is 44.4 Å². The molecule has 1 amide bonds. The predicted molar refractivity (Wildman–Crippen MR) is 97.3 cm³/mol. The molecule has 2 rings (SSSR count). The van der Waals surface area contributed by atoms with Crippen LogP contribution in [0.5, 0.6) is 0 Å². The first-order valence-corrected chi connectivity index (χ1v) is 7.32. The van der Waals surface area contributed by atoms with E-state index in [9.17, 15) is 4.79 Å². The van der Waals surface area contributed by atoms with E-state index in [-0.39, 0.29) is 36.6 Å². The van der Waals surface area contributed by atoms with Crippen LogP contribution < -0.4 is 10.6 Å². The highest BCUT2D eigenvalue weighted by atomic mass is 35.5. The fourth-order valence-electron chi connectivity index (χ4n) is 2.58. The molecule has 0 aromatic heterocycles. The van der Waals surface area contributed by atoms with Gasteiger partial charge in [-0.05, 0) is 57.6 Å². The highest BCUT2D eigenvalue weighted by molar-refractivity contribution is 5.93. The van der Waals surface area contributed by atoms with Crippen molar-refractivity contribution in [3.8, 4) is 0 Å². The number of benzene rings is 1. The lowest BCUT2D eigenvalue weighted by Gasteiger charge is -2.22. The third kappa shape index (κ3) is 6.13. The molecule has 2 N–H and O–H groups in total. The van der Waals surface area contributed by atoms with Gasteiger partial charge in [-0.15, -0.1) is 24.8 Å². The maximum Gasteiger partial charge on any atom is 0.228 e. The number of carbonyl (C=O) groups excluding carboxylic acids is 1. The molecule has 1 saturated heterocycles. The molecular formula is C16H27Cl2N3O. The number of rotatable bonds is 4. The number of piperidine rings is 1. The minimum Gasteiger partial charge on any atom is -0.326 e. The van der Waals surface area contributed by atoms with Gasteiger partial charge in [0.2, 0.25) is 5.91 Å². The number of carbonyl (C=O) groups is 1. The first-order valence-electron chi connectivity index (χ1n) is 7.32. The highest BCUT2D eigenvalue weighted by Crippen LogP contribution is 2.20. The maximum atomic E-state index is 12.3. The van der Waals surface area contributed by atoms with Gasteiger partial charge in [-0.1, -0.05) is 12.1 Å². The summed E-state index contributed by atoms with van der Waals surface area (Å²) in [5.41, 5.74) is 3.28. The summed E-state index contributed by atoms with van der Waals surface area (Å²) >= 11 is 0. The van der Waals surface area contributed by atoms with E-state index in [4.69, 9.17) is 0 Å². The van der Waals surface area contributed by atoms with Crippen molar-refractivity contribution in [3.63, 3.8) is 0 Å². The lowest BCUT2D eigenvalue weighted by Crippen LogP contribution is -2.37. The van der Waals surface area contributed by atoms with Gasteiger partial charge >= 0.3 is 0 Å². The van der Waals surface area contributed by atoms with Gasteiger partial charge < -0.3 is 15.5 Å². The van der Waals surface area contributed by atoms with Crippen molar-refractivity contribution in [1.82, 2.24) is 10.2 Å². The molecule has 1 aromatic carbocycles. The normalized spacial score (nSPS) is 17.4. The molecule has 1 aliphatic heterocycles. The van der Waals surface area contributed by atoms with Crippen LogP contribution in [0.3, 0.4) is 0 Å². The second-order valence-corrected chi connectivity index (χ2v) is 5.92. The fraction of sp³-hybridized carbons (Fsp3) is 0.562. The average molecular weight is 348 g/mol. The molecule has 126 valence electrons. The lowest BCUT2D eigenvalue weighted by atomic mass is 9.98. The molecule has 4 nitrogen and oxygen atoms in total. The third-order valence-electron chi connectivity index (χ3n) is 3.73. The molecule has 0 bridgehead atoms. The van der Waals surface area contributed by atoms with Crippen molar-refractivity contribution in [2.24, 2.45) is 5.92 Å². The van der Waals surface area contributed by atoms with Gasteiger partial charge in [-0.2, -0.15) is 0 Å². The average Bonchev–Trinajstić information content (AvgIpc) is 2.43. The Morgan fingerprint density at radius 1 is 1.36 bits per heavy atom. The molecule has 0 spiro atoms. The number of amides is 1. The Labute approximate surface area is 145 Å². The second kappa shape index (κ2) is 10.1. The van der Waals surface area contributed by atoms with Gasteiger partial charge in [0.1, 0.15) is 0 Å². The maximum absolute atomic E-state index is 12.3. The standard InChI is InChI=1S/C16H25N3O.2ClH/c1-12-6-7-13(11-19(2)3)9-15(12)18-16(20)14-5-4-8-17-10-14;;/h6-7,9,14,17H,4-5,8,10-11H2,1-3H3,(H,18,20);2*1H. The van der Waals surface area contributed by atoms with Gasteiger partial charge in [-0.25, -0.2) is 0 Å². The third-order valence-corrected chi connectivity index (χ3v) is 3.73. The van der Waals surface area contributed by atoms with Crippen LogP contribution in [0.4, 0.5) is 5.69 Å². The number of aryl methyl sites for hydroxylation is 1. The summed E-state index contributed by atoms with van der Waals surface area (Å²) in [6.07, 6.45) is 2.06. The first kappa shape index (κ1) is 21.2. The Bertz CT molecular complexity index is 474. The smallest absolute Gasteiger partial charge is 0.228 e. The summed E-state index contributed by atoms with van der Waals surface area (Å²) in [7, 11) is 4.09. The van der Waals surface area contributed by atoms with Crippen LogP contribution in [0.2, 0.25) is 0 Å². The molecule has 1 aliphatic rings. The van der Waals surface area contributed by atoms with E-state index >= 15 is 0 Å². The van der Waals surface area contributed by atoms with Gasteiger partial charge in [0.15, 0.2) is 0 Å². The molecular weight excluding hydrogens is 321 g/mol. The van der Waals surface area contributed by atoms with E-state index < -0.39 is 0 Å². The van der Waals surface area contributed by atoms with E-state index in [2.05, 4.69) is 33.7 Å². The summed E-state index contributed by atoms with van der Waals surface area (Å²) in [5, 5.41) is 6.38. The summed E-state index contributed by atoms with van der Waals surface area (Å²) in [4.78, 5) is 14.4. The van der Waals surface area contributed by atoms with Gasteiger partial charge in [0.25, 0.3) is 0 Å². The number of nitrogens with zero attached hydrogens (tertiary/aromatic N) is 1. The molecule has 1 fully saturated rings. The number of halogens is 2. The summed E-state index contributed by atoms with van der Waals surface area (Å²) < 4.78 is 0. The predicted octanol–water partition coefficient (Wildman–Crippen LogP) is 2.84. The number of nitrogens with one attached hydrogen (secondary N) is 2. The van der Waals surface area contributed by atoms with Crippen LogP contribution >= 0.6 is 24.8 Å². The van der Waals surface area contributed by atoms with E-state index in [0.29, 0.717) is 0 Å². The van der Waals surface area contributed by atoms with E-state index in [1.807, 2.05) is 21.0 Å². The summed E-state index contributed by atoms with van der Waals surface area (Å²) in [6, 6.07) is 6.28. The van der Waals surface area contributed by atoms with Crippen LogP contribution in [0.25, 0.3) is 0 Å². The lowest BCUT2D eigenvalue weighted by molar-refractivity contribution is -0.120. The van der Waals surface area contributed by atoms with Crippen LogP contribution in [-0.2, 0) is 11.3 Å². The summed E-state index contributed by atoms with van der Waals surface area (Å²) in [6.45, 7) is 4.74. The molecule has 1 aromatic rings. The van der Waals surface area contributed by atoms with Gasteiger partial charge in [-0.3, -0.25) is 4.79 Å². The van der Waals surface area contributed by atoms with Crippen molar-refractivity contribution in [2.75, 3.05) is 32.5 Å². The van der Waals surface area contributed by atoms with E-state index in [1.165, 1.54) is 5.56 Å². The van der Waals surface area contributed by atoms with Crippen molar-refractivity contribution < 1.29 is 4.79 Å². The second-order valence-electron chi connectivity index (χ2n) is 5.92. The van der Waals surface area contributed by atoms with Gasteiger partial charge in [0.05, 0.1) is 5.92 Å². The molecule has 22 heavy (non-hydrogen) atoms. The Balaban J connectivity index is 0.00000220. The van der Waals surface area contributed by atoms with E-state index in [1.54, 1.807) is 0 Å². The number of hydrogen-bond donors (Lipinski definition) is 2. The SMILES string of the molecule is Cc1ccc(CN(C)C)cc1NC(=O)C1CCCNC1.Cl.Cl. The largest absolute Gasteiger partial charge is 0.326 e. The number of hydrogen-bond acceptors (Lipinski definition) is 3. The molecule has 1 unspecified atom stereocenters. The zero-order valence-corrected chi connectivity index (χ0v) is 15.1. The Kier molecular flexibility index (Phi) is 9.69. The molecule has 1 heterocycles. The van der Waals surface area contributed by atoms with Gasteiger partial charge in [0, 0.05) is 18.8 Å². The summed E-state index contributed by atoms with van der Waals surface area (Å²) in [5.74, 6) is 0.239. The fourth-order valence-corrected chi connectivity index (χ4v) is 2.58. The number of anilines is 1. The molecule has 0 aliphatic carbocycles. The molecule has 0 radical (unpaired) electrons. The van der Waals surface area contributed by atoms with Crippen molar-refractivity contribution >= 4 is 36.4 Å². The van der Waals surface area contributed by atoms with Crippen LogP contribution in [0, 0.1) is 12.8 Å². The first-order chi connectivity index (χ1) is 9.56. The Morgan fingerprint density at radius 2 is 2.09 bits per heavy atom. The molecule has 1 atom stereocenters. The molecule has 6 heteroatoms.